The smallest absolute Gasteiger partial charge is 0.0201 e. The maximum absolute atomic E-state index is 6.25. The summed E-state index contributed by atoms with van der Waals surface area (Å²) in [6.45, 7) is 9.43. The van der Waals surface area contributed by atoms with Crippen molar-refractivity contribution < 1.29 is 0 Å². The SMILES string of the molecule is CCCSC1CC(C(C)(C)CC)CCC1N. The average molecular weight is 243 g/mol. The van der Waals surface area contributed by atoms with E-state index in [9.17, 15) is 0 Å². The Kier molecular flexibility index (Phi) is 5.66. The molecule has 0 aromatic heterocycles. The van der Waals surface area contributed by atoms with E-state index in [1.54, 1.807) is 0 Å². The highest BCUT2D eigenvalue weighted by Crippen LogP contribution is 2.43. The third-order valence-corrected chi connectivity index (χ3v) is 6.01. The van der Waals surface area contributed by atoms with E-state index in [4.69, 9.17) is 5.73 Å². The van der Waals surface area contributed by atoms with Crippen molar-refractivity contribution in [2.24, 2.45) is 17.1 Å². The van der Waals surface area contributed by atoms with Crippen molar-refractivity contribution >= 4 is 11.8 Å². The first-order valence-corrected chi connectivity index (χ1v) is 7.93. The first-order valence-electron chi connectivity index (χ1n) is 6.88. The van der Waals surface area contributed by atoms with Gasteiger partial charge in [0.2, 0.25) is 0 Å². The average Bonchev–Trinajstić information content (AvgIpc) is 2.27. The molecule has 3 atom stereocenters. The highest BCUT2D eigenvalue weighted by Gasteiger charge is 2.35. The maximum Gasteiger partial charge on any atom is 0.0201 e. The molecular weight excluding hydrogens is 214 g/mol. The van der Waals surface area contributed by atoms with Crippen LogP contribution in [0.4, 0.5) is 0 Å². The minimum atomic E-state index is 0.445. The van der Waals surface area contributed by atoms with Crippen LogP contribution in [0.2, 0.25) is 0 Å². The number of rotatable bonds is 5. The lowest BCUT2D eigenvalue weighted by atomic mass is 9.69. The van der Waals surface area contributed by atoms with Gasteiger partial charge in [-0.3, -0.25) is 0 Å². The Hall–Kier alpha value is 0.310. The van der Waals surface area contributed by atoms with E-state index < -0.39 is 0 Å². The third-order valence-electron chi connectivity index (χ3n) is 4.40. The van der Waals surface area contributed by atoms with Gasteiger partial charge in [0, 0.05) is 11.3 Å². The Bertz CT molecular complexity index is 203. The molecular formula is C14H29NS. The van der Waals surface area contributed by atoms with Crippen LogP contribution in [0.25, 0.3) is 0 Å². The molecule has 2 heteroatoms. The van der Waals surface area contributed by atoms with Gasteiger partial charge in [-0.15, -0.1) is 0 Å². The van der Waals surface area contributed by atoms with E-state index in [1.807, 2.05) is 0 Å². The van der Waals surface area contributed by atoms with Gasteiger partial charge >= 0.3 is 0 Å². The molecule has 16 heavy (non-hydrogen) atoms. The van der Waals surface area contributed by atoms with Gasteiger partial charge in [-0.1, -0.05) is 34.1 Å². The van der Waals surface area contributed by atoms with Crippen LogP contribution >= 0.6 is 11.8 Å². The molecule has 0 saturated heterocycles. The molecule has 1 aliphatic rings. The van der Waals surface area contributed by atoms with Gasteiger partial charge in [0.15, 0.2) is 0 Å². The van der Waals surface area contributed by atoms with E-state index in [1.165, 1.54) is 37.9 Å². The van der Waals surface area contributed by atoms with Gasteiger partial charge in [0.1, 0.15) is 0 Å². The second-order valence-corrected chi connectivity index (χ2v) is 7.27. The number of hydrogen-bond acceptors (Lipinski definition) is 2. The molecule has 1 fully saturated rings. The largest absolute Gasteiger partial charge is 0.327 e. The van der Waals surface area contributed by atoms with Crippen molar-refractivity contribution in [2.75, 3.05) is 5.75 Å². The summed E-state index contributed by atoms with van der Waals surface area (Å²) in [5.41, 5.74) is 6.75. The number of thioether (sulfide) groups is 1. The van der Waals surface area contributed by atoms with E-state index in [2.05, 4.69) is 39.5 Å². The third kappa shape index (κ3) is 3.66. The minimum Gasteiger partial charge on any atom is -0.327 e. The van der Waals surface area contributed by atoms with Crippen LogP contribution in [0.3, 0.4) is 0 Å². The second kappa shape index (κ2) is 6.30. The zero-order valence-electron chi connectivity index (χ0n) is 11.5. The maximum atomic E-state index is 6.25. The molecule has 96 valence electrons. The van der Waals surface area contributed by atoms with Crippen molar-refractivity contribution in [3.63, 3.8) is 0 Å². The Morgan fingerprint density at radius 3 is 2.50 bits per heavy atom. The van der Waals surface area contributed by atoms with Crippen LogP contribution in [-0.4, -0.2) is 17.0 Å². The molecule has 0 aliphatic heterocycles. The fraction of sp³-hybridized carbons (Fsp3) is 1.00. The Morgan fingerprint density at radius 2 is 1.94 bits per heavy atom. The monoisotopic (exact) mass is 243 g/mol. The van der Waals surface area contributed by atoms with Gasteiger partial charge < -0.3 is 5.73 Å². The van der Waals surface area contributed by atoms with Crippen LogP contribution < -0.4 is 5.73 Å². The fourth-order valence-electron chi connectivity index (χ4n) is 2.61. The van der Waals surface area contributed by atoms with Gasteiger partial charge in [-0.05, 0) is 42.8 Å². The molecule has 3 unspecified atom stereocenters. The first-order chi connectivity index (χ1) is 7.51. The van der Waals surface area contributed by atoms with Gasteiger partial charge in [0.05, 0.1) is 0 Å². The van der Waals surface area contributed by atoms with E-state index in [0.717, 1.165) is 5.92 Å². The molecule has 1 rings (SSSR count). The van der Waals surface area contributed by atoms with Gasteiger partial charge in [0.25, 0.3) is 0 Å². The van der Waals surface area contributed by atoms with Gasteiger partial charge in [-0.2, -0.15) is 11.8 Å². The zero-order valence-corrected chi connectivity index (χ0v) is 12.3. The summed E-state index contributed by atoms with van der Waals surface area (Å²) in [5, 5.41) is 0.713. The number of hydrogen-bond donors (Lipinski definition) is 1. The highest BCUT2D eigenvalue weighted by molar-refractivity contribution is 7.99. The lowest BCUT2D eigenvalue weighted by Crippen LogP contribution is -2.42. The summed E-state index contributed by atoms with van der Waals surface area (Å²) in [5.74, 6) is 2.16. The van der Waals surface area contributed by atoms with E-state index in [0.29, 0.717) is 16.7 Å². The molecule has 0 aromatic rings. The lowest BCUT2D eigenvalue weighted by molar-refractivity contribution is 0.148. The number of nitrogens with two attached hydrogens (primary N) is 1. The topological polar surface area (TPSA) is 26.0 Å². The Morgan fingerprint density at radius 1 is 1.25 bits per heavy atom. The molecule has 1 saturated carbocycles. The van der Waals surface area contributed by atoms with Crippen LogP contribution in [0, 0.1) is 11.3 Å². The first kappa shape index (κ1) is 14.4. The molecule has 0 heterocycles. The standard InChI is InChI=1S/C14H29NS/c1-5-9-16-13-10-11(7-8-12(13)15)14(3,4)6-2/h11-13H,5-10,15H2,1-4H3. The van der Waals surface area contributed by atoms with Crippen LogP contribution in [0.5, 0.6) is 0 Å². The van der Waals surface area contributed by atoms with Crippen LogP contribution in [0.15, 0.2) is 0 Å². The zero-order chi connectivity index (χ0) is 12.2. The molecule has 0 bridgehead atoms. The van der Waals surface area contributed by atoms with Crippen molar-refractivity contribution in [1.29, 1.82) is 0 Å². The summed E-state index contributed by atoms with van der Waals surface area (Å²) in [4.78, 5) is 0. The van der Waals surface area contributed by atoms with Crippen molar-refractivity contribution in [1.82, 2.24) is 0 Å². The van der Waals surface area contributed by atoms with Gasteiger partial charge in [-0.25, -0.2) is 0 Å². The summed E-state index contributed by atoms with van der Waals surface area (Å²) in [6.07, 6.45) is 6.47. The molecule has 0 aromatic carbocycles. The van der Waals surface area contributed by atoms with Crippen molar-refractivity contribution in [3.05, 3.63) is 0 Å². The van der Waals surface area contributed by atoms with E-state index in [-0.39, 0.29) is 0 Å². The quantitative estimate of drug-likeness (QED) is 0.788. The molecule has 1 aliphatic carbocycles. The summed E-state index contributed by atoms with van der Waals surface area (Å²) in [7, 11) is 0. The minimum absolute atomic E-state index is 0.445. The van der Waals surface area contributed by atoms with E-state index >= 15 is 0 Å². The van der Waals surface area contributed by atoms with Crippen molar-refractivity contribution in [3.8, 4) is 0 Å². The molecule has 2 N–H and O–H groups in total. The lowest BCUT2D eigenvalue weighted by Gasteiger charge is -2.42. The highest BCUT2D eigenvalue weighted by atomic mass is 32.2. The van der Waals surface area contributed by atoms with Crippen molar-refractivity contribution in [2.45, 2.75) is 71.1 Å². The Balaban J connectivity index is 2.53. The summed E-state index contributed by atoms with van der Waals surface area (Å²) in [6, 6.07) is 0.445. The molecule has 0 radical (unpaired) electrons. The molecule has 0 amide bonds. The second-order valence-electron chi connectivity index (χ2n) is 5.93. The summed E-state index contributed by atoms with van der Waals surface area (Å²) < 4.78 is 0. The molecule has 1 nitrogen and oxygen atoms in total. The molecule has 0 spiro atoms. The Labute approximate surface area is 106 Å². The van der Waals surface area contributed by atoms with Crippen LogP contribution in [0.1, 0.15) is 59.8 Å². The fourth-order valence-corrected chi connectivity index (χ4v) is 3.90. The predicted molar refractivity (Wildman–Crippen MR) is 75.9 cm³/mol. The van der Waals surface area contributed by atoms with Crippen LogP contribution in [-0.2, 0) is 0 Å². The normalized spacial score (nSPS) is 31.7. The summed E-state index contributed by atoms with van der Waals surface area (Å²) >= 11 is 2.11. The predicted octanol–water partition coefficient (Wildman–Crippen LogP) is 4.06.